The zero-order valence-electron chi connectivity index (χ0n) is 8.98. The van der Waals surface area contributed by atoms with E-state index in [-0.39, 0.29) is 24.4 Å². The second-order valence-corrected chi connectivity index (χ2v) is 5.68. The lowest BCUT2D eigenvalue weighted by Gasteiger charge is -2.16. The van der Waals surface area contributed by atoms with E-state index in [9.17, 15) is 8.42 Å². The normalized spacial score (nSPS) is 27.1. The number of sulfonamides is 1. The molecule has 1 rings (SSSR count). The molecule has 0 bridgehead atoms. The van der Waals surface area contributed by atoms with E-state index in [2.05, 4.69) is 4.72 Å². The fourth-order valence-corrected chi connectivity index (χ4v) is 2.66. The first-order valence-corrected chi connectivity index (χ1v) is 6.94. The van der Waals surface area contributed by atoms with Gasteiger partial charge in [0, 0.05) is 19.1 Å². The minimum Gasteiger partial charge on any atom is -0.395 e. The van der Waals surface area contributed by atoms with Crippen LogP contribution in [0.15, 0.2) is 0 Å². The third-order valence-corrected chi connectivity index (χ3v) is 4.00. The van der Waals surface area contributed by atoms with E-state index in [0.717, 1.165) is 12.8 Å². The van der Waals surface area contributed by atoms with Gasteiger partial charge >= 0.3 is 0 Å². The first-order valence-electron chi connectivity index (χ1n) is 5.29. The van der Waals surface area contributed by atoms with Gasteiger partial charge in [0.05, 0.1) is 18.5 Å². The van der Waals surface area contributed by atoms with Crippen molar-refractivity contribution >= 4 is 10.0 Å². The standard InChI is InChI=1S/C9H19NO4S/c1-2-9-8(3-5-14-9)7-10-15(12,13)6-4-11/h8-11H,2-7H2,1H3. The van der Waals surface area contributed by atoms with Crippen molar-refractivity contribution in [1.82, 2.24) is 4.72 Å². The molecule has 1 saturated heterocycles. The minimum absolute atomic E-state index is 0.168. The molecule has 0 spiro atoms. The Morgan fingerprint density at radius 1 is 1.53 bits per heavy atom. The SMILES string of the molecule is CCC1OCCC1CNS(=O)(=O)CCO. The molecule has 90 valence electrons. The predicted molar refractivity (Wildman–Crippen MR) is 57.0 cm³/mol. The molecule has 0 saturated carbocycles. The Kier molecular flexibility index (Phi) is 4.98. The van der Waals surface area contributed by atoms with E-state index < -0.39 is 10.0 Å². The molecule has 0 amide bonds. The van der Waals surface area contributed by atoms with E-state index in [1.165, 1.54) is 0 Å². The lowest BCUT2D eigenvalue weighted by atomic mass is 10.0. The predicted octanol–water partition coefficient (Wildman–Crippen LogP) is -0.287. The van der Waals surface area contributed by atoms with E-state index in [4.69, 9.17) is 9.84 Å². The van der Waals surface area contributed by atoms with Gasteiger partial charge in [-0.25, -0.2) is 13.1 Å². The lowest BCUT2D eigenvalue weighted by molar-refractivity contribution is 0.0884. The Morgan fingerprint density at radius 3 is 2.87 bits per heavy atom. The molecule has 6 heteroatoms. The van der Waals surface area contributed by atoms with Gasteiger partial charge in [-0.05, 0) is 12.8 Å². The van der Waals surface area contributed by atoms with Crippen molar-refractivity contribution in [3.05, 3.63) is 0 Å². The topological polar surface area (TPSA) is 75.6 Å². The van der Waals surface area contributed by atoms with Gasteiger partial charge in [-0.15, -0.1) is 0 Å². The Labute approximate surface area is 90.9 Å². The van der Waals surface area contributed by atoms with Crippen LogP contribution in [0, 0.1) is 5.92 Å². The van der Waals surface area contributed by atoms with Crippen LogP contribution in [0.25, 0.3) is 0 Å². The van der Waals surface area contributed by atoms with Crippen LogP contribution < -0.4 is 4.72 Å². The smallest absolute Gasteiger partial charge is 0.213 e. The summed E-state index contributed by atoms with van der Waals surface area (Å²) in [6.45, 7) is 2.82. The van der Waals surface area contributed by atoms with Crippen LogP contribution in [0.3, 0.4) is 0 Å². The van der Waals surface area contributed by atoms with Gasteiger partial charge in [0.25, 0.3) is 0 Å². The van der Waals surface area contributed by atoms with Crippen molar-refractivity contribution in [3.8, 4) is 0 Å². The van der Waals surface area contributed by atoms with Crippen molar-refractivity contribution in [2.75, 3.05) is 25.5 Å². The van der Waals surface area contributed by atoms with E-state index in [1.54, 1.807) is 0 Å². The van der Waals surface area contributed by atoms with Crippen LogP contribution in [0.2, 0.25) is 0 Å². The van der Waals surface area contributed by atoms with Gasteiger partial charge in [0.1, 0.15) is 0 Å². The molecule has 0 radical (unpaired) electrons. The summed E-state index contributed by atoms with van der Waals surface area (Å²) in [5, 5.41) is 8.55. The summed E-state index contributed by atoms with van der Waals surface area (Å²) < 4.78 is 30.5. The molecule has 0 aromatic rings. The Hall–Kier alpha value is -0.170. The summed E-state index contributed by atoms with van der Waals surface area (Å²) in [5.41, 5.74) is 0. The first-order chi connectivity index (χ1) is 7.09. The monoisotopic (exact) mass is 237 g/mol. The summed E-state index contributed by atoms with van der Waals surface area (Å²) in [4.78, 5) is 0. The van der Waals surface area contributed by atoms with Gasteiger partial charge in [-0.1, -0.05) is 6.92 Å². The van der Waals surface area contributed by atoms with Crippen molar-refractivity contribution < 1.29 is 18.3 Å². The summed E-state index contributed by atoms with van der Waals surface area (Å²) in [6.07, 6.45) is 1.98. The molecule has 0 aromatic heterocycles. The third kappa shape index (κ3) is 4.06. The highest BCUT2D eigenvalue weighted by Gasteiger charge is 2.27. The Bertz CT molecular complexity index is 278. The number of hydrogen-bond acceptors (Lipinski definition) is 4. The van der Waals surface area contributed by atoms with Gasteiger partial charge in [0.15, 0.2) is 0 Å². The average Bonchev–Trinajstić information content (AvgIpc) is 2.62. The molecule has 5 nitrogen and oxygen atoms in total. The molecule has 0 aliphatic carbocycles. The molecule has 1 heterocycles. The van der Waals surface area contributed by atoms with Gasteiger partial charge < -0.3 is 9.84 Å². The van der Waals surface area contributed by atoms with E-state index >= 15 is 0 Å². The molecule has 1 fully saturated rings. The van der Waals surface area contributed by atoms with Crippen LogP contribution in [0.5, 0.6) is 0 Å². The molecule has 2 unspecified atom stereocenters. The van der Waals surface area contributed by atoms with Crippen LogP contribution in [-0.4, -0.2) is 45.1 Å². The number of hydrogen-bond donors (Lipinski definition) is 2. The number of ether oxygens (including phenoxy) is 1. The maximum absolute atomic E-state index is 11.3. The number of rotatable bonds is 6. The Morgan fingerprint density at radius 2 is 2.27 bits per heavy atom. The van der Waals surface area contributed by atoms with Gasteiger partial charge in [-0.3, -0.25) is 0 Å². The fourth-order valence-electron chi connectivity index (χ4n) is 1.80. The largest absolute Gasteiger partial charge is 0.395 e. The maximum Gasteiger partial charge on any atom is 0.213 e. The second kappa shape index (κ2) is 5.79. The molecule has 2 atom stereocenters. The van der Waals surface area contributed by atoms with Gasteiger partial charge in [-0.2, -0.15) is 0 Å². The number of aliphatic hydroxyl groups excluding tert-OH is 1. The molecular weight excluding hydrogens is 218 g/mol. The highest BCUT2D eigenvalue weighted by molar-refractivity contribution is 7.89. The van der Waals surface area contributed by atoms with Crippen molar-refractivity contribution in [2.24, 2.45) is 5.92 Å². The zero-order chi connectivity index (χ0) is 11.3. The first kappa shape index (κ1) is 12.9. The van der Waals surface area contributed by atoms with E-state index in [0.29, 0.717) is 13.2 Å². The maximum atomic E-state index is 11.3. The van der Waals surface area contributed by atoms with Crippen molar-refractivity contribution in [1.29, 1.82) is 0 Å². The van der Waals surface area contributed by atoms with Crippen LogP contribution >= 0.6 is 0 Å². The third-order valence-electron chi connectivity index (χ3n) is 2.67. The zero-order valence-corrected chi connectivity index (χ0v) is 9.79. The number of aliphatic hydroxyl groups is 1. The highest BCUT2D eigenvalue weighted by Crippen LogP contribution is 2.22. The minimum atomic E-state index is -3.31. The fraction of sp³-hybridized carbons (Fsp3) is 1.00. The van der Waals surface area contributed by atoms with Crippen LogP contribution in [0.4, 0.5) is 0 Å². The summed E-state index contributed by atoms with van der Waals surface area (Å²) in [7, 11) is -3.31. The molecule has 15 heavy (non-hydrogen) atoms. The van der Waals surface area contributed by atoms with Crippen molar-refractivity contribution in [3.63, 3.8) is 0 Å². The highest BCUT2D eigenvalue weighted by atomic mass is 32.2. The van der Waals surface area contributed by atoms with E-state index in [1.807, 2.05) is 6.92 Å². The van der Waals surface area contributed by atoms with Crippen LogP contribution in [0.1, 0.15) is 19.8 Å². The molecule has 0 aromatic carbocycles. The summed E-state index contributed by atoms with van der Waals surface area (Å²) in [6, 6.07) is 0. The molecule has 1 aliphatic rings. The van der Waals surface area contributed by atoms with Gasteiger partial charge in [0.2, 0.25) is 10.0 Å². The van der Waals surface area contributed by atoms with Crippen molar-refractivity contribution in [2.45, 2.75) is 25.9 Å². The lowest BCUT2D eigenvalue weighted by Crippen LogP contribution is -2.34. The Balaban J connectivity index is 2.36. The molecular formula is C9H19NO4S. The molecule has 2 N–H and O–H groups in total. The quantitative estimate of drug-likeness (QED) is 0.666. The summed E-state index contributed by atoms with van der Waals surface area (Å²) >= 11 is 0. The second-order valence-electron chi connectivity index (χ2n) is 3.76. The summed E-state index contributed by atoms with van der Waals surface area (Å²) in [5.74, 6) is 0.0423. The number of nitrogens with one attached hydrogen (secondary N) is 1. The van der Waals surface area contributed by atoms with Crippen LogP contribution in [-0.2, 0) is 14.8 Å². The average molecular weight is 237 g/mol. The molecule has 1 aliphatic heterocycles.